The average molecular weight is 611 g/mol. The second kappa shape index (κ2) is 15.9. The van der Waals surface area contributed by atoms with Crippen LogP contribution >= 0.6 is 0 Å². The zero-order valence-electron chi connectivity index (χ0n) is 24.6. The fourth-order valence-corrected chi connectivity index (χ4v) is 4.82. The van der Waals surface area contributed by atoms with Crippen LogP contribution in [0.4, 0.5) is 9.59 Å². The number of carbonyl (C=O) groups is 6. The quantitative estimate of drug-likeness (QED) is 0.144. The van der Waals surface area contributed by atoms with Crippen LogP contribution in [-0.2, 0) is 23.9 Å². The van der Waals surface area contributed by atoms with Gasteiger partial charge >= 0.3 is 18.1 Å². The topological polar surface area (TPSA) is 218 Å². The van der Waals surface area contributed by atoms with E-state index >= 15 is 0 Å². The molecule has 14 nitrogen and oxygen atoms in total. The molecule has 0 aromatic heterocycles. The molecule has 0 saturated carbocycles. The van der Waals surface area contributed by atoms with Crippen LogP contribution in [0.1, 0.15) is 50.2 Å². The molecule has 0 fully saturated rings. The van der Waals surface area contributed by atoms with Gasteiger partial charge in [-0.3, -0.25) is 19.2 Å². The summed E-state index contributed by atoms with van der Waals surface area (Å²) in [5.41, 5.74) is 9.27. The lowest BCUT2D eigenvalue weighted by Gasteiger charge is -2.22. The van der Waals surface area contributed by atoms with Crippen molar-refractivity contribution < 1.29 is 38.6 Å². The van der Waals surface area contributed by atoms with Crippen molar-refractivity contribution in [3.63, 3.8) is 0 Å². The van der Waals surface area contributed by atoms with Crippen LogP contribution < -0.4 is 32.3 Å². The minimum absolute atomic E-state index is 0.0664. The summed E-state index contributed by atoms with van der Waals surface area (Å²) in [5, 5.41) is 20.9. The van der Waals surface area contributed by atoms with Gasteiger partial charge in [-0.05, 0) is 55.4 Å². The van der Waals surface area contributed by atoms with Crippen LogP contribution in [0.3, 0.4) is 0 Å². The largest absolute Gasteiger partial charge is 0.480 e. The number of rotatable bonds is 15. The summed E-state index contributed by atoms with van der Waals surface area (Å²) in [6, 6.07) is 11.9. The number of aliphatic carboxylic acids is 1. The molecule has 236 valence electrons. The Balaban J connectivity index is 1.49. The lowest BCUT2D eigenvalue weighted by Crippen LogP contribution is -2.55. The van der Waals surface area contributed by atoms with Gasteiger partial charge in [0.15, 0.2) is 0 Å². The van der Waals surface area contributed by atoms with Crippen molar-refractivity contribution in [2.45, 2.75) is 57.2 Å². The van der Waals surface area contributed by atoms with E-state index in [9.17, 15) is 28.8 Å². The Hall–Kier alpha value is -5.14. The van der Waals surface area contributed by atoms with Gasteiger partial charge in [-0.15, -0.1) is 0 Å². The molecule has 2 aromatic rings. The number of benzene rings is 2. The molecule has 1 aliphatic rings. The number of fused-ring (bicyclic) bond motifs is 3. The number of carboxylic acid groups (broad SMARTS) is 1. The summed E-state index contributed by atoms with van der Waals surface area (Å²) in [6.45, 7) is 2.52. The van der Waals surface area contributed by atoms with Gasteiger partial charge in [-0.25, -0.2) is 9.59 Å². The van der Waals surface area contributed by atoms with Crippen molar-refractivity contribution >= 4 is 35.8 Å². The van der Waals surface area contributed by atoms with Crippen LogP contribution in [0.25, 0.3) is 11.1 Å². The monoisotopic (exact) mass is 610 g/mol. The normalized spacial score (nSPS) is 13.7. The Morgan fingerprint density at radius 1 is 0.795 bits per heavy atom. The average Bonchev–Trinajstić information content (AvgIpc) is 3.31. The number of nitrogens with one attached hydrogen (secondary N) is 5. The van der Waals surface area contributed by atoms with Gasteiger partial charge in [0.1, 0.15) is 31.3 Å². The van der Waals surface area contributed by atoms with Crippen LogP contribution in [0.15, 0.2) is 48.5 Å². The van der Waals surface area contributed by atoms with E-state index < -0.39 is 60.5 Å². The molecule has 0 aliphatic heterocycles. The number of ether oxygens (including phenoxy) is 1. The van der Waals surface area contributed by atoms with Gasteiger partial charge in [-0.1, -0.05) is 48.5 Å². The second-order valence-electron chi connectivity index (χ2n) is 10.4. The number of urea groups is 1. The third kappa shape index (κ3) is 9.44. The number of hydrogen-bond donors (Lipinski definition) is 7. The summed E-state index contributed by atoms with van der Waals surface area (Å²) < 4.78 is 5.47. The fraction of sp³-hybridized carbons (Fsp3) is 0.400. The third-order valence-electron chi connectivity index (χ3n) is 7.09. The molecule has 0 spiro atoms. The van der Waals surface area contributed by atoms with Gasteiger partial charge in [-0.2, -0.15) is 0 Å². The minimum atomic E-state index is -1.26. The van der Waals surface area contributed by atoms with Gasteiger partial charge in [0, 0.05) is 12.5 Å². The highest BCUT2D eigenvalue weighted by Crippen LogP contribution is 2.44. The highest BCUT2D eigenvalue weighted by atomic mass is 16.5. The first-order valence-electron chi connectivity index (χ1n) is 14.2. The number of alkyl carbamates (subject to hydrolysis) is 1. The fourth-order valence-electron chi connectivity index (χ4n) is 4.82. The number of unbranched alkanes of at least 4 members (excludes halogenated alkanes) is 1. The SMILES string of the molecule is C[C@H](NC(=O)OCC1c2ccccc2-c2ccccc21)C(=O)N[C@@H](C)C(=O)N[C@@H](CCCCNC(N)=O)C(=O)NCC(=O)O. The van der Waals surface area contributed by atoms with E-state index in [4.69, 9.17) is 15.6 Å². The number of primary amides is 1. The minimum Gasteiger partial charge on any atom is -0.480 e. The van der Waals surface area contributed by atoms with Crippen LogP contribution in [0.2, 0.25) is 0 Å². The third-order valence-corrected chi connectivity index (χ3v) is 7.09. The smallest absolute Gasteiger partial charge is 0.407 e. The molecule has 8 N–H and O–H groups in total. The molecule has 0 unspecified atom stereocenters. The number of carbonyl (C=O) groups excluding carboxylic acids is 5. The molecule has 14 heteroatoms. The molecule has 0 bridgehead atoms. The number of carboxylic acids is 1. The summed E-state index contributed by atoms with van der Waals surface area (Å²) in [7, 11) is 0. The molecule has 0 saturated heterocycles. The van der Waals surface area contributed by atoms with Crippen molar-refractivity contribution in [1.29, 1.82) is 0 Å². The van der Waals surface area contributed by atoms with E-state index in [0.29, 0.717) is 12.8 Å². The van der Waals surface area contributed by atoms with Gasteiger partial charge in [0.25, 0.3) is 0 Å². The van der Waals surface area contributed by atoms with E-state index in [2.05, 4.69) is 26.6 Å². The Morgan fingerprint density at radius 2 is 1.36 bits per heavy atom. The van der Waals surface area contributed by atoms with E-state index in [1.807, 2.05) is 48.5 Å². The van der Waals surface area contributed by atoms with E-state index in [1.54, 1.807) is 0 Å². The van der Waals surface area contributed by atoms with Crippen LogP contribution in [0.5, 0.6) is 0 Å². The first-order chi connectivity index (χ1) is 21.0. The van der Waals surface area contributed by atoms with Crippen molar-refractivity contribution in [3.05, 3.63) is 59.7 Å². The van der Waals surface area contributed by atoms with Crippen molar-refractivity contribution in [2.24, 2.45) is 5.73 Å². The van der Waals surface area contributed by atoms with Gasteiger partial charge in [0.05, 0.1) is 0 Å². The lowest BCUT2D eigenvalue weighted by molar-refractivity contribution is -0.138. The molecule has 0 radical (unpaired) electrons. The zero-order chi connectivity index (χ0) is 32.2. The first-order valence-corrected chi connectivity index (χ1v) is 14.2. The Bertz CT molecular complexity index is 1340. The Morgan fingerprint density at radius 3 is 1.95 bits per heavy atom. The number of hydrogen-bond acceptors (Lipinski definition) is 7. The Labute approximate surface area is 254 Å². The van der Waals surface area contributed by atoms with Gasteiger partial charge < -0.3 is 42.2 Å². The lowest BCUT2D eigenvalue weighted by atomic mass is 9.98. The number of amides is 6. The number of nitrogens with two attached hydrogens (primary N) is 1. The molecule has 3 atom stereocenters. The molecule has 0 heterocycles. The molecule has 3 rings (SSSR count). The van der Waals surface area contributed by atoms with Crippen molar-refractivity contribution in [1.82, 2.24) is 26.6 Å². The molecular formula is C30H38N6O8. The predicted octanol–water partition coefficient (Wildman–Crippen LogP) is 0.943. The van der Waals surface area contributed by atoms with Crippen LogP contribution in [0, 0.1) is 0 Å². The molecule has 6 amide bonds. The highest BCUT2D eigenvalue weighted by molar-refractivity contribution is 5.94. The van der Waals surface area contributed by atoms with Crippen molar-refractivity contribution in [2.75, 3.05) is 19.7 Å². The zero-order valence-corrected chi connectivity index (χ0v) is 24.6. The summed E-state index contributed by atoms with van der Waals surface area (Å²) in [5.74, 6) is -3.48. The summed E-state index contributed by atoms with van der Waals surface area (Å²) in [4.78, 5) is 72.2. The highest BCUT2D eigenvalue weighted by Gasteiger charge is 2.30. The summed E-state index contributed by atoms with van der Waals surface area (Å²) >= 11 is 0. The maximum Gasteiger partial charge on any atom is 0.407 e. The molecule has 44 heavy (non-hydrogen) atoms. The van der Waals surface area contributed by atoms with Crippen molar-refractivity contribution in [3.8, 4) is 11.1 Å². The van der Waals surface area contributed by atoms with E-state index in [1.165, 1.54) is 13.8 Å². The maximum absolute atomic E-state index is 12.8. The first kappa shape index (κ1) is 33.4. The van der Waals surface area contributed by atoms with Crippen LogP contribution in [-0.4, -0.2) is 78.7 Å². The molecule has 2 aromatic carbocycles. The Kier molecular flexibility index (Phi) is 12.1. The maximum atomic E-state index is 12.8. The van der Waals surface area contributed by atoms with E-state index in [0.717, 1.165) is 22.3 Å². The molecular weight excluding hydrogens is 572 g/mol. The standard InChI is InChI=1S/C30H38N6O8/c1-17(27(40)36-24(28(41)33-15-25(37)38)13-7-8-14-32-29(31)42)34-26(39)18(2)35-30(43)44-16-23-21-11-5-3-9-19(21)20-10-4-6-12-22(20)23/h3-6,9-12,17-18,23-24H,7-8,13-16H2,1-2H3,(H,33,41)(H,34,39)(H,35,43)(H,36,40)(H,37,38)(H3,31,32,42)/t17-,18-,24-/m0/s1. The predicted molar refractivity (Wildman–Crippen MR) is 159 cm³/mol. The van der Waals surface area contributed by atoms with E-state index in [-0.39, 0.29) is 25.5 Å². The molecule has 1 aliphatic carbocycles. The summed E-state index contributed by atoms with van der Waals surface area (Å²) in [6.07, 6.45) is 0.186. The second-order valence-corrected chi connectivity index (χ2v) is 10.4. The van der Waals surface area contributed by atoms with Gasteiger partial charge in [0.2, 0.25) is 17.7 Å².